The number of carbonyl (C=O) groups is 2. The molecule has 0 atom stereocenters. The molecule has 2 amide bonds. The number of hydrogen-bond acceptors (Lipinski definition) is 7. The van der Waals surface area contributed by atoms with Crippen LogP contribution in [0.1, 0.15) is 18.9 Å². The molecule has 126 valence electrons. The van der Waals surface area contributed by atoms with Gasteiger partial charge in [0, 0.05) is 6.92 Å². The van der Waals surface area contributed by atoms with Crippen LogP contribution in [0.15, 0.2) is 34.1 Å². The fourth-order valence-corrected chi connectivity index (χ4v) is 1.57. The summed E-state index contributed by atoms with van der Waals surface area (Å²) in [5, 5.41) is 15.3. The maximum atomic E-state index is 12.7. The molecule has 0 aliphatic rings. The second-order valence-corrected chi connectivity index (χ2v) is 4.58. The zero-order valence-corrected chi connectivity index (χ0v) is 12.7. The van der Waals surface area contributed by atoms with E-state index >= 15 is 0 Å². The SMILES string of the molecule is CC(=O)Nc1nonc1NC(=O)C/C=N/OCc1ccc(F)cc1. The molecule has 0 unspecified atom stereocenters. The normalized spacial score (nSPS) is 10.6. The summed E-state index contributed by atoms with van der Waals surface area (Å²) in [6.07, 6.45) is 1.17. The number of nitrogens with zero attached hydrogens (tertiary/aromatic N) is 3. The molecule has 0 bridgehead atoms. The van der Waals surface area contributed by atoms with E-state index < -0.39 is 5.91 Å². The van der Waals surface area contributed by atoms with Crippen LogP contribution in [0.3, 0.4) is 0 Å². The van der Waals surface area contributed by atoms with Crippen LogP contribution in [-0.2, 0) is 21.0 Å². The summed E-state index contributed by atoms with van der Waals surface area (Å²) in [7, 11) is 0. The number of amides is 2. The van der Waals surface area contributed by atoms with E-state index in [0.717, 1.165) is 5.56 Å². The van der Waals surface area contributed by atoms with Crippen LogP contribution >= 0.6 is 0 Å². The Kier molecular flexibility index (Phi) is 5.95. The number of carbonyl (C=O) groups excluding carboxylic acids is 2. The molecule has 0 aliphatic heterocycles. The first-order chi connectivity index (χ1) is 11.5. The second kappa shape index (κ2) is 8.36. The van der Waals surface area contributed by atoms with E-state index in [1.54, 1.807) is 12.1 Å². The Bertz CT molecular complexity index is 729. The Morgan fingerprint density at radius 2 is 1.92 bits per heavy atom. The van der Waals surface area contributed by atoms with Crippen LogP contribution in [0.2, 0.25) is 0 Å². The summed E-state index contributed by atoms with van der Waals surface area (Å²) >= 11 is 0. The third-order valence-corrected chi connectivity index (χ3v) is 2.61. The standard InChI is InChI=1S/C14H14FN5O4/c1-9(21)17-13-14(20-24-19-13)18-12(22)6-7-16-23-8-10-2-4-11(15)5-3-10/h2-5,7H,6,8H2,1H3,(H,17,19,21)(H,18,20,22)/b16-7+. The van der Waals surface area contributed by atoms with Gasteiger partial charge in [-0.05, 0) is 28.0 Å². The molecular formula is C14H14FN5O4. The molecule has 2 rings (SSSR count). The Morgan fingerprint density at radius 1 is 1.25 bits per heavy atom. The number of oxime groups is 1. The van der Waals surface area contributed by atoms with Crippen molar-refractivity contribution in [3.05, 3.63) is 35.6 Å². The number of benzene rings is 1. The zero-order chi connectivity index (χ0) is 17.4. The number of nitrogens with one attached hydrogen (secondary N) is 2. The minimum atomic E-state index is -0.452. The molecule has 1 aromatic heterocycles. The molecule has 0 fully saturated rings. The second-order valence-electron chi connectivity index (χ2n) is 4.58. The quantitative estimate of drug-likeness (QED) is 0.587. The van der Waals surface area contributed by atoms with Crippen LogP contribution in [0.25, 0.3) is 0 Å². The molecule has 9 nitrogen and oxygen atoms in total. The lowest BCUT2D eigenvalue weighted by atomic mass is 10.2. The predicted octanol–water partition coefficient (Wildman–Crippen LogP) is 1.70. The minimum Gasteiger partial charge on any atom is -0.391 e. The van der Waals surface area contributed by atoms with Crippen molar-refractivity contribution in [3.8, 4) is 0 Å². The lowest BCUT2D eigenvalue weighted by Gasteiger charge is -2.01. The molecule has 0 radical (unpaired) electrons. The molecule has 10 heteroatoms. The molecule has 2 aromatic rings. The van der Waals surface area contributed by atoms with E-state index in [1.165, 1.54) is 25.3 Å². The average Bonchev–Trinajstić information content (AvgIpc) is 2.95. The molecule has 0 spiro atoms. The van der Waals surface area contributed by atoms with Crippen molar-refractivity contribution in [1.82, 2.24) is 10.3 Å². The lowest BCUT2D eigenvalue weighted by molar-refractivity contribution is -0.115. The van der Waals surface area contributed by atoms with Crippen LogP contribution in [0, 0.1) is 5.82 Å². The van der Waals surface area contributed by atoms with E-state index in [0.29, 0.717) is 0 Å². The Labute approximate surface area is 135 Å². The van der Waals surface area contributed by atoms with E-state index in [4.69, 9.17) is 4.84 Å². The van der Waals surface area contributed by atoms with Crippen molar-refractivity contribution in [3.63, 3.8) is 0 Å². The number of anilines is 2. The van der Waals surface area contributed by atoms with Gasteiger partial charge >= 0.3 is 0 Å². The van der Waals surface area contributed by atoms with Gasteiger partial charge in [0.2, 0.25) is 23.5 Å². The van der Waals surface area contributed by atoms with Crippen LogP contribution in [0.4, 0.5) is 16.0 Å². The van der Waals surface area contributed by atoms with Crippen molar-refractivity contribution in [2.75, 3.05) is 10.6 Å². The molecular weight excluding hydrogens is 321 g/mol. The number of aromatic nitrogens is 2. The van der Waals surface area contributed by atoms with Gasteiger partial charge in [0.05, 0.1) is 12.6 Å². The maximum Gasteiger partial charge on any atom is 0.231 e. The van der Waals surface area contributed by atoms with Gasteiger partial charge in [0.1, 0.15) is 12.4 Å². The smallest absolute Gasteiger partial charge is 0.231 e. The highest BCUT2D eigenvalue weighted by Crippen LogP contribution is 2.15. The number of halogens is 1. The van der Waals surface area contributed by atoms with Crippen molar-refractivity contribution >= 4 is 29.7 Å². The van der Waals surface area contributed by atoms with Crippen molar-refractivity contribution in [2.24, 2.45) is 5.16 Å². The topological polar surface area (TPSA) is 119 Å². The van der Waals surface area contributed by atoms with Crippen molar-refractivity contribution < 1.29 is 23.4 Å². The van der Waals surface area contributed by atoms with E-state index in [2.05, 4.69) is 30.7 Å². The molecule has 0 aliphatic carbocycles. The third kappa shape index (κ3) is 5.48. The summed E-state index contributed by atoms with van der Waals surface area (Å²) in [5.41, 5.74) is 0.742. The van der Waals surface area contributed by atoms with Gasteiger partial charge in [-0.2, -0.15) is 0 Å². The van der Waals surface area contributed by atoms with Crippen LogP contribution in [0.5, 0.6) is 0 Å². The van der Waals surface area contributed by atoms with Gasteiger partial charge in [-0.3, -0.25) is 9.59 Å². The number of rotatable bonds is 7. The molecule has 1 heterocycles. The predicted molar refractivity (Wildman–Crippen MR) is 81.5 cm³/mol. The summed E-state index contributed by atoms with van der Waals surface area (Å²) in [5.74, 6) is -1.15. The Hall–Kier alpha value is -3.30. The summed E-state index contributed by atoms with van der Waals surface area (Å²) in [4.78, 5) is 27.6. The van der Waals surface area contributed by atoms with Gasteiger partial charge < -0.3 is 15.5 Å². The highest BCUT2D eigenvalue weighted by atomic mass is 19.1. The monoisotopic (exact) mass is 335 g/mol. The zero-order valence-electron chi connectivity index (χ0n) is 12.7. The number of hydrogen-bond donors (Lipinski definition) is 2. The molecule has 1 aromatic carbocycles. The van der Waals surface area contributed by atoms with Crippen molar-refractivity contribution in [2.45, 2.75) is 20.0 Å². The first-order valence-corrected chi connectivity index (χ1v) is 6.83. The Morgan fingerprint density at radius 3 is 2.58 bits per heavy atom. The van der Waals surface area contributed by atoms with Gasteiger partial charge in [0.25, 0.3) is 0 Å². The van der Waals surface area contributed by atoms with Crippen molar-refractivity contribution in [1.29, 1.82) is 0 Å². The van der Waals surface area contributed by atoms with Gasteiger partial charge in [-0.15, -0.1) is 0 Å². The highest BCUT2D eigenvalue weighted by molar-refractivity contribution is 6.01. The fourth-order valence-electron chi connectivity index (χ4n) is 1.57. The van der Waals surface area contributed by atoms with E-state index in [9.17, 15) is 14.0 Å². The summed E-state index contributed by atoms with van der Waals surface area (Å²) in [6.45, 7) is 1.43. The van der Waals surface area contributed by atoms with Crippen LogP contribution in [-0.4, -0.2) is 28.3 Å². The first-order valence-electron chi connectivity index (χ1n) is 6.83. The third-order valence-electron chi connectivity index (χ3n) is 2.61. The minimum absolute atomic E-state index is 0.00386. The molecule has 24 heavy (non-hydrogen) atoms. The lowest BCUT2D eigenvalue weighted by Crippen LogP contribution is -2.15. The van der Waals surface area contributed by atoms with E-state index in [-0.39, 0.29) is 36.4 Å². The maximum absolute atomic E-state index is 12.7. The molecule has 2 N–H and O–H groups in total. The Balaban J connectivity index is 1.74. The summed E-state index contributed by atoms with van der Waals surface area (Å²) in [6, 6.07) is 5.76. The van der Waals surface area contributed by atoms with Gasteiger partial charge in [-0.1, -0.05) is 17.3 Å². The first kappa shape index (κ1) is 17.1. The average molecular weight is 335 g/mol. The van der Waals surface area contributed by atoms with Gasteiger partial charge in [0.15, 0.2) is 0 Å². The summed E-state index contributed by atoms with van der Waals surface area (Å²) < 4.78 is 17.2. The van der Waals surface area contributed by atoms with Crippen LogP contribution < -0.4 is 10.6 Å². The molecule has 0 saturated carbocycles. The molecule has 0 saturated heterocycles. The fraction of sp³-hybridized carbons (Fsp3) is 0.214. The highest BCUT2D eigenvalue weighted by Gasteiger charge is 2.13. The van der Waals surface area contributed by atoms with E-state index in [1.807, 2.05) is 0 Å². The largest absolute Gasteiger partial charge is 0.391 e. The van der Waals surface area contributed by atoms with Gasteiger partial charge in [-0.25, -0.2) is 9.02 Å².